The smallest absolute Gasteiger partial charge is 0.0480 e. The van der Waals surface area contributed by atoms with Crippen LogP contribution in [0.3, 0.4) is 0 Å². The second-order valence-corrected chi connectivity index (χ2v) is 5.79. The van der Waals surface area contributed by atoms with Crippen LogP contribution in [0.15, 0.2) is 48.5 Å². The zero-order valence-electron chi connectivity index (χ0n) is 10.1. The van der Waals surface area contributed by atoms with Crippen molar-refractivity contribution in [3.8, 4) is 10.4 Å². The standard InChI is InChI=1S/C16H13ClS/c1-11-6-7-13(10-17)14(8-11)16-9-12-4-2-3-5-15(12)18-16/h2-9H,10H2,1H3. The third-order valence-corrected chi connectivity index (χ3v) is 4.54. The van der Waals surface area contributed by atoms with Crippen molar-refractivity contribution in [2.45, 2.75) is 12.8 Å². The highest BCUT2D eigenvalue weighted by molar-refractivity contribution is 7.22. The fourth-order valence-electron chi connectivity index (χ4n) is 2.15. The second-order valence-electron chi connectivity index (χ2n) is 4.44. The molecule has 0 radical (unpaired) electrons. The predicted octanol–water partition coefficient (Wildman–Crippen LogP) is 5.62. The zero-order chi connectivity index (χ0) is 12.5. The molecular formula is C16H13ClS. The highest BCUT2D eigenvalue weighted by Gasteiger charge is 2.08. The number of hydrogen-bond acceptors (Lipinski definition) is 1. The van der Waals surface area contributed by atoms with Crippen molar-refractivity contribution in [2.75, 3.05) is 0 Å². The molecule has 0 bridgehead atoms. The Kier molecular flexibility index (Phi) is 3.11. The van der Waals surface area contributed by atoms with Crippen molar-refractivity contribution in [3.63, 3.8) is 0 Å². The van der Waals surface area contributed by atoms with Crippen LogP contribution in [0.2, 0.25) is 0 Å². The Bertz CT molecular complexity index is 664. The number of benzene rings is 2. The highest BCUT2D eigenvalue weighted by Crippen LogP contribution is 2.36. The van der Waals surface area contributed by atoms with Crippen LogP contribution in [0.4, 0.5) is 0 Å². The van der Waals surface area contributed by atoms with Gasteiger partial charge in [-0.25, -0.2) is 0 Å². The third kappa shape index (κ3) is 2.05. The Morgan fingerprint density at radius 1 is 1.06 bits per heavy atom. The highest BCUT2D eigenvalue weighted by atomic mass is 35.5. The lowest BCUT2D eigenvalue weighted by molar-refractivity contribution is 1.36. The van der Waals surface area contributed by atoms with E-state index in [9.17, 15) is 0 Å². The van der Waals surface area contributed by atoms with Gasteiger partial charge in [-0.1, -0.05) is 42.0 Å². The lowest BCUT2D eigenvalue weighted by Gasteiger charge is -2.05. The van der Waals surface area contributed by atoms with Crippen LogP contribution in [0, 0.1) is 6.92 Å². The molecule has 0 aliphatic rings. The fraction of sp³-hybridized carbons (Fsp3) is 0.125. The van der Waals surface area contributed by atoms with Gasteiger partial charge in [-0.15, -0.1) is 22.9 Å². The summed E-state index contributed by atoms with van der Waals surface area (Å²) in [5, 5.41) is 1.31. The fourth-order valence-corrected chi connectivity index (χ4v) is 3.50. The first-order chi connectivity index (χ1) is 8.78. The summed E-state index contributed by atoms with van der Waals surface area (Å²) in [4.78, 5) is 1.30. The third-order valence-electron chi connectivity index (χ3n) is 3.10. The normalized spacial score (nSPS) is 11.0. The first-order valence-electron chi connectivity index (χ1n) is 5.92. The molecule has 2 heteroatoms. The number of halogens is 1. The van der Waals surface area contributed by atoms with Gasteiger partial charge in [0.1, 0.15) is 0 Å². The van der Waals surface area contributed by atoms with Crippen molar-refractivity contribution in [2.24, 2.45) is 0 Å². The molecule has 0 spiro atoms. The van der Waals surface area contributed by atoms with Crippen LogP contribution in [-0.4, -0.2) is 0 Å². The van der Waals surface area contributed by atoms with Crippen LogP contribution in [0.1, 0.15) is 11.1 Å². The summed E-state index contributed by atoms with van der Waals surface area (Å²) >= 11 is 7.87. The summed E-state index contributed by atoms with van der Waals surface area (Å²) in [5.41, 5.74) is 3.75. The van der Waals surface area contributed by atoms with E-state index >= 15 is 0 Å². The van der Waals surface area contributed by atoms with E-state index in [4.69, 9.17) is 11.6 Å². The number of fused-ring (bicyclic) bond motifs is 1. The van der Waals surface area contributed by atoms with E-state index in [0.717, 1.165) is 0 Å². The van der Waals surface area contributed by atoms with Gasteiger partial charge in [-0.2, -0.15) is 0 Å². The number of thiophene rings is 1. The minimum atomic E-state index is 0.559. The topological polar surface area (TPSA) is 0 Å². The number of alkyl halides is 1. The first kappa shape index (κ1) is 11.8. The summed E-state index contributed by atoms with van der Waals surface area (Å²) in [5.74, 6) is 0.559. The van der Waals surface area contributed by atoms with Crippen molar-refractivity contribution >= 4 is 33.0 Å². The van der Waals surface area contributed by atoms with Gasteiger partial charge in [0.2, 0.25) is 0 Å². The Labute approximate surface area is 116 Å². The first-order valence-corrected chi connectivity index (χ1v) is 7.27. The molecule has 0 saturated heterocycles. The van der Waals surface area contributed by atoms with Gasteiger partial charge in [0.15, 0.2) is 0 Å². The summed E-state index contributed by atoms with van der Waals surface area (Å²) in [6.07, 6.45) is 0. The number of rotatable bonds is 2. The zero-order valence-corrected chi connectivity index (χ0v) is 11.7. The van der Waals surface area contributed by atoms with Crippen molar-refractivity contribution in [1.29, 1.82) is 0 Å². The molecule has 0 amide bonds. The monoisotopic (exact) mass is 272 g/mol. The molecule has 90 valence electrons. The van der Waals surface area contributed by atoms with E-state index in [1.807, 2.05) is 11.3 Å². The van der Waals surface area contributed by atoms with Gasteiger partial charge in [0, 0.05) is 15.5 Å². The van der Waals surface area contributed by atoms with Crippen molar-refractivity contribution in [1.82, 2.24) is 0 Å². The van der Waals surface area contributed by atoms with Crippen LogP contribution >= 0.6 is 22.9 Å². The van der Waals surface area contributed by atoms with Crippen LogP contribution in [-0.2, 0) is 5.88 Å². The average molecular weight is 273 g/mol. The minimum absolute atomic E-state index is 0.559. The molecule has 1 aromatic heterocycles. The summed E-state index contributed by atoms with van der Waals surface area (Å²) in [6.45, 7) is 2.12. The van der Waals surface area contributed by atoms with E-state index in [1.54, 1.807) is 0 Å². The Hall–Kier alpha value is -1.31. The average Bonchev–Trinajstić information content (AvgIpc) is 2.82. The molecule has 0 aliphatic carbocycles. The minimum Gasteiger partial charge on any atom is -0.135 e. The molecule has 0 atom stereocenters. The van der Waals surface area contributed by atoms with Gasteiger partial charge >= 0.3 is 0 Å². The van der Waals surface area contributed by atoms with E-state index in [2.05, 4.69) is 55.5 Å². The summed E-state index contributed by atoms with van der Waals surface area (Å²) in [6, 6.07) is 17.2. The van der Waals surface area contributed by atoms with Gasteiger partial charge in [-0.05, 0) is 35.6 Å². The quantitative estimate of drug-likeness (QED) is 0.532. The lowest BCUT2D eigenvalue weighted by Crippen LogP contribution is -1.85. The van der Waals surface area contributed by atoms with E-state index < -0.39 is 0 Å². The molecule has 2 aromatic carbocycles. The molecule has 0 saturated carbocycles. The Morgan fingerprint density at radius 3 is 2.67 bits per heavy atom. The second kappa shape index (κ2) is 4.75. The molecule has 0 N–H and O–H groups in total. The van der Waals surface area contributed by atoms with E-state index in [0.29, 0.717) is 5.88 Å². The maximum atomic E-state index is 6.04. The van der Waals surface area contributed by atoms with Gasteiger partial charge < -0.3 is 0 Å². The summed E-state index contributed by atoms with van der Waals surface area (Å²) in [7, 11) is 0. The number of aryl methyl sites for hydroxylation is 1. The SMILES string of the molecule is Cc1ccc(CCl)c(-c2cc3ccccc3s2)c1. The van der Waals surface area contributed by atoms with Crippen LogP contribution < -0.4 is 0 Å². The van der Waals surface area contributed by atoms with Crippen molar-refractivity contribution in [3.05, 3.63) is 59.7 Å². The van der Waals surface area contributed by atoms with Gasteiger partial charge in [0.05, 0.1) is 0 Å². The molecule has 3 aromatic rings. The van der Waals surface area contributed by atoms with Crippen LogP contribution in [0.5, 0.6) is 0 Å². The molecule has 0 nitrogen and oxygen atoms in total. The Balaban J connectivity index is 2.22. The molecule has 18 heavy (non-hydrogen) atoms. The van der Waals surface area contributed by atoms with Crippen LogP contribution in [0.25, 0.3) is 20.5 Å². The molecule has 0 fully saturated rings. The molecular weight excluding hydrogens is 260 g/mol. The van der Waals surface area contributed by atoms with E-state index in [1.165, 1.54) is 31.7 Å². The number of hydrogen-bond donors (Lipinski definition) is 0. The largest absolute Gasteiger partial charge is 0.135 e. The maximum absolute atomic E-state index is 6.04. The molecule has 0 aliphatic heterocycles. The molecule has 1 heterocycles. The maximum Gasteiger partial charge on any atom is 0.0480 e. The van der Waals surface area contributed by atoms with Crippen molar-refractivity contribution < 1.29 is 0 Å². The predicted molar refractivity (Wildman–Crippen MR) is 81.6 cm³/mol. The molecule has 3 rings (SSSR count). The summed E-state index contributed by atoms with van der Waals surface area (Å²) < 4.78 is 1.33. The van der Waals surface area contributed by atoms with Gasteiger partial charge in [-0.3, -0.25) is 0 Å². The Morgan fingerprint density at radius 2 is 1.89 bits per heavy atom. The van der Waals surface area contributed by atoms with E-state index in [-0.39, 0.29) is 0 Å². The lowest BCUT2D eigenvalue weighted by atomic mass is 10.0. The van der Waals surface area contributed by atoms with Gasteiger partial charge in [0.25, 0.3) is 0 Å². The molecule has 0 unspecified atom stereocenters.